The van der Waals surface area contributed by atoms with Gasteiger partial charge in [0.1, 0.15) is 16.5 Å². The maximum atomic E-state index is 12.3. The van der Waals surface area contributed by atoms with Crippen LogP contribution in [0.5, 0.6) is 0 Å². The summed E-state index contributed by atoms with van der Waals surface area (Å²) >= 11 is 1.42. The molecule has 0 saturated heterocycles. The van der Waals surface area contributed by atoms with Crippen molar-refractivity contribution >= 4 is 17.2 Å². The lowest BCUT2D eigenvalue weighted by atomic mass is 10.1. The highest BCUT2D eigenvalue weighted by Crippen LogP contribution is 2.24. The monoisotopic (exact) mass is 390 g/mol. The van der Waals surface area contributed by atoms with Gasteiger partial charge in [0, 0.05) is 23.1 Å². The standard InChI is InChI=1S/C22H18N2O3S/c25-19(15-8-10-16(11-9-15)20-7-4-12-27-20)13-23-21(26)18-14-28-22(24-18)17-5-2-1-3-6-17/h1-12,14,19,25H,13H2,(H,23,26)/t19-/m1/s1. The summed E-state index contributed by atoms with van der Waals surface area (Å²) in [5.74, 6) is 0.469. The zero-order valence-corrected chi connectivity index (χ0v) is 15.7. The molecule has 2 heterocycles. The quantitative estimate of drug-likeness (QED) is 0.507. The van der Waals surface area contributed by atoms with E-state index < -0.39 is 6.10 Å². The molecule has 1 amide bonds. The van der Waals surface area contributed by atoms with Crippen molar-refractivity contribution in [2.45, 2.75) is 6.10 Å². The first kappa shape index (κ1) is 18.2. The number of aliphatic hydroxyl groups is 1. The minimum atomic E-state index is -0.804. The van der Waals surface area contributed by atoms with Crippen LogP contribution in [0, 0.1) is 0 Å². The van der Waals surface area contributed by atoms with E-state index in [4.69, 9.17) is 4.42 Å². The Morgan fingerprint density at radius 1 is 1.04 bits per heavy atom. The van der Waals surface area contributed by atoms with Crippen LogP contribution in [0.1, 0.15) is 22.2 Å². The van der Waals surface area contributed by atoms with Gasteiger partial charge in [-0.25, -0.2) is 4.98 Å². The van der Waals surface area contributed by atoms with Gasteiger partial charge < -0.3 is 14.8 Å². The number of aromatic nitrogens is 1. The number of benzene rings is 2. The highest BCUT2D eigenvalue weighted by molar-refractivity contribution is 7.13. The minimum absolute atomic E-state index is 0.108. The maximum Gasteiger partial charge on any atom is 0.270 e. The SMILES string of the molecule is O=C(NC[C@@H](O)c1ccc(-c2ccco2)cc1)c1csc(-c2ccccc2)n1. The number of aliphatic hydroxyl groups excluding tert-OH is 1. The summed E-state index contributed by atoms with van der Waals surface area (Å²) in [6, 6.07) is 20.8. The van der Waals surface area contributed by atoms with Gasteiger partial charge >= 0.3 is 0 Å². The molecule has 2 N–H and O–H groups in total. The van der Waals surface area contributed by atoms with Gasteiger partial charge in [-0.1, -0.05) is 54.6 Å². The average Bonchev–Trinajstić information content (AvgIpc) is 3.45. The van der Waals surface area contributed by atoms with Gasteiger partial charge in [-0.05, 0) is 17.7 Å². The molecule has 6 heteroatoms. The van der Waals surface area contributed by atoms with Gasteiger partial charge in [0.25, 0.3) is 5.91 Å². The van der Waals surface area contributed by atoms with E-state index in [1.54, 1.807) is 11.6 Å². The van der Waals surface area contributed by atoms with Crippen LogP contribution in [0.4, 0.5) is 0 Å². The van der Waals surface area contributed by atoms with Crippen LogP contribution >= 0.6 is 11.3 Å². The first-order chi connectivity index (χ1) is 13.7. The van der Waals surface area contributed by atoms with Crippen LogP contribution < -0.4 is 5.32 Å². The first-order valence-electron chi connectivity index (χ1n) is 8.82. The fourth-order valence-corrected chi connectivity index (χ4v) is 3.61. The second-order valence-corrected chi connectivity index (χ2v) is 7.09. The molecule has 28 heavy (non-hydrogen) atoms. The van der Waals surface area contributed by atoms with E-state index in [1.807, 2.05) is 66.7 Å². The number of rotatable bonds is 6. The molecule has 0 aliphatic rings. The normalized spacial score (nSPS) is 11.9. The van der Waals surface area contributed by atoms with Gasteiger partial charge in [0.2, 0.25) is 0 Å². The highest BCUT2D eigenvalue weighted by atomic mass is 32.1. The van der Waals surface area contributed by atoms with Crippen molar-refractivity contribution in [3.8, 4) is 21.9 Å². The maximum absolute atomic E-state index is 12.3. The second kappa shape index (κ2) is 8.21. The molecule has 0 saturated carbocycles. The van der Waals surface area contributed by atoms with E-state index in [1.165, 1.54) is 11.3 Å². The first-order valence-corrected chi connectivity index (χ1v) is 9.70. The number of carbonyl (C=O) groups excluding carboxylic acids is 1. The van der Waals surface area contributed by atoms with Crippen molar-refractivity contribution in [2.24, 2.45) is 0 Å². The van der Waals surface area contributed by atoms with Crippen molar-refractivity contribution in [2.75, 3.05) is 6.54 Å². The molecule has 2 aromatic carbocycles. The van der Waals surface area contributed by atoms with Crippen LogP contribution in [-0.4, -0.2) is 22.5 Å². The topological polar surface area (TPSA) is 75.4 Å². The zero-order valence-electron chi connectivity index (χ0n) is 14.9. The minimum Gasteiger partial charge on any atom is -0.464 e. The fraction of sp³-hybridized carbons (Fsp3) is 0.0909. The van der Waals surface area contributed by atoms with Crippen molar-refractivity contribution in [3.05, 3.63) is 89.6 Å². The van der Waals surface area contributed by atoms with Crippen molar-refractivity contribution in [1.82, 2.24) is 10.3 Å². The van der Waals surface area contributed by atoms with Gasteiger partial charge in [0.05, 0.1) is 12.4 Å². The molecule has 4 rings (SSSR count). The average molecular weight is 390 g/mol. The smallest absolute Gasteiger partial charge is 0.270 e. The van der Waals surface area contributed by atoms with Gasteiger partial charge in [0.15, 0.2) is 0 Å². The third-order valence-corrected chi connectivity index (χ3v) is 5.21. The molecule has 2 aromatic heterocycles. The number of nitrogens with one attached hydrogen (secondary N) is 1. The molecule has 5 nitrogen and oxygen atoms in total. The van der Waals surface area contributed by atoms with Crippen molar-refractivity contribution < 1.29 is 14.3 Å². The van der Waals surface area contributed by atoms with E-state index in [2.05, 4.69) is 10.3 Å². The van der Waals surface area contributed by atoms with E-state index in [0.717, 1.165) is 27.5 Å². The predicted molar refractivity (Wildman–Crippen MR) is 109 cm³/mol. The van der Waals surface area contributed by atoms with Gasteiger partial charge in [-0.2, -0.15) is 0 Å². The summed E-state index contributed by atoms with van der Waals surface area (Å²) in [6.45, 7) is 0.108. The van der Waals surface area contributed by atoms with Gasteiger partial charge in [-0.15, -0.1) is 11.3 Å². The second-order valence-electron chi connectivity index (χ2n) is 6.23. The molecule has 0 aliphatic heterocycles. The van der Waals surface area contributed by atoms with E-state index in [9.17, 15) is 9.90 Å². The summed E-state index contributed by atoms with van der Waals surface area (Å²) in [5.41, 5.74) is 2.98. The molecule has 4 aromatic rings. The molecule has 0 aliphatic carbocycles. The molecular weight excluding hydrogens is 372 g/mol. The lowest BCUT2D eigenvalue weighted by molar-refractivity contribution is 0.0912. The Morgan fingerprint density at radius 2 is 1.82 bits per heavy atom. The van der Waals surface area contributed by atoms with E-state index >= 15 is 0 Å². The largest absolute Gasteiger partial charge is 0.464 e. The number of hydrogen-bond donors (Lipinski definition) is 2. The van der Waals surface area contributed by atoms with Crippen molar-refractivity contribution in [1.29, 1.82) is 0 Å². The molecule has 1 atom stereocenters. The summed E-state index contributed by atoms with van der Waals surface area (Å²) in [7, 11) is 0. The summed E-state index contributed by atoms with van der Waals surface area (Å²) in [6.07, 6.45) is 0.816. The number of carbonyl (C=O) groups is 1. The molecule has 0 spiro atoms. The molecular formula is C22H18N2O3S. The number of nitrogens with zero attached hydrogens (tertiary/aromatic N) is 1. The highest BCUT2D eigenvalue weighted by Gasteiger charge is 2.14. The molecule has 0 fully saturated rings. The Labute approximate surface area is 166 Å². The van der Waals surface area contributed by atoms with Crippen LogP contribution in [-0.2, 0) is 0 Å². The van der Waals surface area contributed by atoms with Gasteiger partial charge in [-0.3, -0.25) is 4.79 Å². The van der Waals surface area contributed by atoms with Crippen LogP contribution in [0.25, 0.3) is 21.9 Å². The lowest BCUT2D eigenvalue weighted by Crippen LogP contribution is -2.28. The summed E-state index contributed by atoms with van der Waals surface area (Å²) in [4.78, 5) is 16.7. The van der Waals surface area contributed by atoms with E-state index in [0.29, 0.717) is 5.69 Å². The Balaban J connectivity index is 1.36. The number of thiazole rings is 1. The molecule has 0 unspecified atom stereocenters. The third kappa shape index (κ3) is 4.03. The predicted octanol–water partition coefficient (Wildman–Crippen LogP) is 4.53. The van der Waals surface area contributed by atoms with Crippen molar-refractivity contribution in [3.63, 3.8) is 0 Å². The molecule has 0 bridgehead atoms. The number of amides is 1. The Morgan fingerprint density at radius 3 is 2.54 bits per heavy atom. The Kier molecular flexibility index (Phi) is 5.32. The summed E-state index contributed by atoms with van der Waals surface area (Å²) < 4.78 is 5.36. The van der Waals surface area contributed by atoms with Crippen LogP contribution in [0.15, 0.2) is 82.8 Å². The summed E-state index contributed by atoms with van der Waals surface area (Å²) in [5, 5.41) is 15.6. The lowest BCUT2D eigenvalue weighted by Gasteiger charge is -2.12. The van der Waals surface area contributed by atoms with Crippen LogP contribution in [0.2, 0.25) is 0 Å². The van der Waals surface area contributed by atoms with E-state index in [-0.39, 0.29) is 12.5 Å². The molecule has 140 valence electrons. The third-order valence-electron chi connectivity index (χ3n) is 4.31. The Bertz CT molecular complexity index is 1040. The number of furan rings is 1. The van der Waals surface area contributed by atoms with Crippen LogP contribution in [0.3, 0.4) is 0 Å². The Hall–Kier alpha value is -3.22. The zero-order chi connectivity index (χ0) is 19.3. The number of hydrogen-bond acceptors (Lipinski definition) is 5. The molecule has 0 radical (unpaired) electrons. The fourth-order valence-electron chi connectivity index (χ4n) is 2.80.